The normalized spacial score (nSPS) is 19.2. The Hall–Kier alpha value is -4.13. The van der Waals surface area contributed by atoms with Crippen LogP contribution in [-0.2, 0) is 41.6 Å². The van der Waals surface area contributed by atoms with Crippen LogP contribution in [0.25, 0.3) is 0 Å². The SMILES string of the molecule is CCOC(=O)CN1C2CCC1CN(C(=O)C(CCCCN)NC(=O)C(CC(=O)C(Cc1ccccc1)NC(=O)C(N)Cc1ccccc1)CC(C)C)C2. The number of fused-ring (bicyclic) bond motifs is 2. The van der Waals surface area contributed by atoms with Gasteiger partial charge in [0.05, 0.1) is 25.2 Å². The van der Waals surface area contributed by atoms with E-state index in [0.29, 0.717) is 58.3 Å². The number of likely N-dealkylation sites (tertiary alicyclic amines) is 1. The van der Waals surface area contributed by atoms with Crippen molar-refractivity contribution in [3.05, 3.63) is 71.8 Å². The van der Waals surface area contributed by atoms with Gasteiger partial charge in [-0.3, -0.25) is 28.9 Å². The summed E-state index contributed by atoms with van der Waals surface area (Å²) in [4.78, 5) is 71.9. The van der Waals surface area contributed by atoms with Crippen molar-refractivity contribution in [2.75, 3.05) is 32.8 Å². The number of nitrogens with two attached hydrogens (primary N) is 2. The molecule has 6 atom stereocenters. The number of amides is 3. The van der Waals surface area contributed by atoms with E-state index in [1.807, 2.05) is 79.4 Å². The molecule has 0 aliphatic carbocycles. The Kier molecular flexibility index (Phi) is 16.4. The molecule has 0 aromatic heterocycles. The van der Waals surface area contributed by atoms with E-state index in [9.17, 15) is 24.0 Å². The number of carbonyl (C=O) groups excluding carboxylic acids is 5. The molecule has 2 aromatic carbocycles. The zero-order valence-corrected chi connectivity index (χ0v) is 31.7. The molecule has 2 heterocycles. The fourth-order valence-corrected chi connectivity index (χ4v) is 7.62. The number of ketones is 1. The Bertz CT molecular complexity index is 1480. The summed E-state index contributed by atoms with van der Waals surface area (Å²) in [7, 11) is 0. The van der Waals surface area contributed by atoms with E-state index in [1.54, 1.807) is 6.92 Å². The zero-order valence-electron chi connectivity index (χ0n) is 31.7. The molecule has 3 amide bonds. The molecule has 0 saturated carbocycles. The highest BCUT2D eigenvalue weighted by Gasteiger charge is 2.43. The van der Waals surface area contributed by atoms with Crippen molar-refractivity contribution in [1.82, 2.24) is 20.4 Å². The van der Waals surface area contributed by atoms with Crippen LogP contribution in [0.5, 0.6) is 0 Å². The fraction of sp³-hybridized carbons (Fsp3) is 0.585. The molecule has 2 aromatic rings. The third kappa shape index (κ3) is 12.8. The van der Waals surface area contributed by atoms with Gasteiger partial charge in [0.25, 0.3) is 0 Å². The molecule has 6 N–H and O–H groups in total. The van der Waals surface area contributed by atoms with Crippen LogP contribution in [0.4, 0.5) is 0 Å². The van der Waals surface area contributed by atoms with Crippen molar-refractivity contribution in [3.63, 3.8) is 0 Å². The van der Waals surface area contributed by atoms with Crippen molar-refractivity contribution < 1.29 is 28.7 Å². The van der Waals surface area contributed by atoms with Crippen molar-refractivity contribution in [1.29, 1.82) is 0 Å². The molecule has 2 aliphatic heterocycles. The lowest BCUT2D eigenvalue weighted by Crippen LogP contribution is -2.60. The Labute approximate surface area is 314 Å². The van der Waals surface area contributed by atoms with Crippen molar-refractivity contribution in [3.8, 4) is 0 Å². The first kappa shape index (κ1) is 41.6. The number of carbonyl (C=O) groups is 5. The Balaban J connectivity index is 1.47. The second-order valence-corrected chi connectivity index (χ2v) is 15.0. The molecule has 290 valence electrons. The van der Waals surface area contributed by atoms with E-state index in [0.717, 1.165) is 24.0 Å². The maximum absolute atomic E-state index is 14.1. The number of nitrogens with one attached hydrogen (secondary N) is 2. The minimum Gasteiger partial charge on any atom is -0.465 e. The average Bonchev–Trinajstić information content (AvgIpc) is 3.35. The predicted octanol–water partition coefficient (Wildman–Crippen LogP) is 2.76. The summed E-state index contributed by atoms with van der Waals surface area (Å²) >= 11 is 0. The first-order valence-corrected chi connectivity index (χ1v) is 19.4. The number of esters is 1. The number of nitrogens with zero attached hydrogens (tertiary/aromatic N) is 2. The van der Waals surface area contributed by atoms with Gasteiger partial charge in [-0.25, -0.2) is 0 Å². The topological polar surface area (TPSA) is 177 Å². The van der Waals surface area contributed by atoms with Gasteiger partial charge in [0, 0.05) is 37.5 Å². The summed E-state index contributed by atoms with van der Waals surface area (Å²) in [6.45, 7) is 7.72. The molecular weight excluding hydrogens is 672 g/mol. The number of rotatable bonds is 21. The number of ether oxygens (including phenoxy) is 1. The highest BCUT2D eigenvalue weighted by molar-refractivity contribution is 5.95. The van der Waals surface area contributed by atoms with Crippen molar-refractivity contribution >= 4 is 29.5 Å². The Morgan fingerprint density at radius 1 is 0.830 bits per heavy atom. The lowest BCUT2D eigenvalue weighted by atomic mass is 9.88. The molecule has 12 nitrogen and oxygen atoms in total. The smallest absolute Gasteiger partial charge is 0.320 e. The highest BCUT2D eigenvalue weighted by atomic mass is 16.5. The molecule has 12 heteroatoms. The van der Waals surface area contributed by atoms with E-state index in [4.69, 9.17) is 16.2 Å². The number of unbranched alkanes of at least 4 members (excludes halogenated alkanes) is 1. The lowest BCUT2D eigenvalue weighted by molar-refractivity contribution is -0.147. The molecule has 2 fully saturated rings. The molecule has 6 unspecified atom stereocenters. The van der Waals surface area contributed by atoms with Gasteiger partial charge in [-0.2, -0.15) is 0 Å². The van der Waals surface area contributed by atoms with Crippen LogP contribution in [0.15, 0.2) is 60.7 Å². The van der Waals surface area contributed by atoms with Crippen LogP contribution in [0.1, 0.15) is 76.8 Å². The standard InChI is InChI=1S/C41H60N6O6/c1-4-53-38(49)27-47-32-18-19-33(47)26-46(25-32)41(52)35(17-11-12-20-42)44-39(50)31(21-28(2)3)24-37(48)36(23-30-15-9-6-10-16-30)45-40(51)34(43)22-29-13-7-5-8-14-29/h5-10,13-16,28,31-36H,4,11-12,17-27,42-43H2,1-3H3,(H,44,50)(H,45,51). The lowest BCUT2D eigenvalue weighted by Gasteiger charge is -2.41. The summed E-state index contributed by atoms with van der Waals surface area (Å²) in [5, 5.41) is 5.96. The monoisotopic (exact) mass is 732 g/mol. The Morgan fingerprint density at radius 2 is 1.42 bits per heavy atom. The predicted molar refractivity (Wildman–Crippen MR) is 204 cm³/mol. The van der Waals surface area contributed by atoms with Crippen molar-refractivity contribution in [2.45, 2.75) is 109 Å². The third-order valence-corrected chi connectivity index (χ3v) is 10.3. The Morgan fingerprint density at radius 3 is 1.98 bits per heavy atom. The molecule has 2 aliphatic rings. The quantitative estimate of drug-likeness (QED) is 0.111. The van der Waals surface area contributed by atoms with E-state index < -0.39 is 30.0 Å². The van der Waals surface area contributed by atoms with Gasteiger partial charge in [0.1, 0.15) is 6.04 Å². The van der Waals surface area contributed by atoms with Gasteiger partial charge in [0.2, 0.25) is 17.7 Å². The fourth-order valence-electron chi connectivity index (χ4n) is 7.62. The first-order chi connectivity index (χ1) is 25.5. The number of hydrogen-bond acceptors (Lipinski definition) is 9. The summed E-state index contributed by atoms with van der Waals surface area (Å²) in [5.41, 5.74) is 13.9. The maximum atomic E-state index is 14.1. The van der Waals surface area contributed by atoms with Gasteiger partial charge < -0.3 is 31.7 Å². The second kappa shape index (κ2) is 20.9. The van der Waals surface area contributed by atoms with Crippen LogP contribution < -0.4 is 22.1 Å². The molecule has 2 bridgehead atoms. The molecule has 2 saturated heterocycles. The van der Waals surface area contributed by atoms with E-state index in [-0.39, 0.29) is 61.0 Å². The maximum Gasteiger partial charge on any atom is 0.320 e. The number of piperazine rings is 1. The van der Waals surface area contributed by atoms with Crippen LogP contribution >= 0.6 is 0 Å². The number of benzene rings is 2. The molecule has 53 heavy (non-hydrogen) atoms. The second-order valence-electron chi connectivity index (χ2n) is 15.0. The minimum atomic E-state index is -0.891. The third-order valence-electron chi connectivity index (χ3n) is 10.3. The largest absolute Gasteiger partial charge is 0.465 e. The molecule has 0 spiro atoms. The molecular formula is C41H60N6O6. The van der Waals surface area contributed by atoms with Crippen LogP contribution in [0.3, 0.4) is 0 Å². The number of hydrogen-bond donors (Lipinski definition) is 4. The van der Waals surface area contributed by atoms with Gasteiger partial charge in [-0.1, -0.05) is 74.5 Å². The summed E-state index contributed by atoms with van der Waals surface area (Å²) < 4.78 is 5.18. The highest BCUT2D eigenvalue weighted by Crippen LogP contribution is 2.31. The van der Waals surface area contributed by atoms with E-state index in [1.165, 1.54) is 0 Å². The van der Waals surface area contributed by atoms with Crippen LogP contribution in [0, 0.1) is 11.8 Å². The van der Waals surface area contributed by atoms with Gasteiger partial charge >= 0.3 is 5.97 Å². The van der Waals surface area contributed by atoms with Crippen LogP contribution in [0.2, 0.25) is 0 Å². The van der Waals surface area contributed by atoms with Gasteiger partial charge in [0.15, 0.2) is 5.78 Å². The minimum absolute atomic E-state index is 0.0476. The summed E-state index contributed by atoms with van der Waals surface area (Å²) in [5.74, 6) is -2.09. The van der Waals surface area contributed by atoms with E-state index >= 15 is 0 Å². The van der Waals surface area contributed by atoms with Crippen LogP contribution in [-0.4, -0.2) is 102 Å². The average molecular weight is 733 g/mol. The number of Topliss-reactive ketones (excluding diaryl/α,β-unsaturated/α-hetero) is 1. The van der Waals surface area contributed by atoms with Crippen molar-refractivity contribution in [2.24, 2.45) is 23.3 Å². The first-order valence-electron chi connectivity index (χ1n) is 19.4. The van der Waals surface area contributed by atoms with Gasteiger partial charge in [-0.05, 0) is 81.9 Å². The molecule has 4 rings (SSSR count). The van der Waals surface area contributed by atoms with Gasteiger partial charge in [-0.15, -0.1) is 0 Å². The summed E-state index contributed by atoms with van der Waals surface area (Å²) in [6, 6.07) is 16.5. The van der Waals surface area contributed by atoms with E-state index in [2.05, 4.69) is 15.5 Å². The zero-order chi connectivity index (χ0) is 38.3. The summed E-state index contributed by atoms with van der Waals surface area (Å²) in [6.07, 6.45) is 4.46. The molecule has 0 radical (unpaired) electrons.